The van der Waals surface area contributed by atoms with Crippen LogP contribution in [0.5, 0.6) is 5.75 Å². The van der Waals surface area contributed by atoms with E-state index in [1.54, 1.807) is 12.1 Å². The quantitative estimate of drug-likeness (QED) is 0.925. The van der Waals surface area contributed by atoms with Gasteiger partial charge in [-0.1, -0.05) is 35.4 Å². The molecule has 110 valence electrons. The molecule has 0 bridgehead atoms. The van der Waals surface area contributed by atoms with Crippen LogP contribution in [0, 0.1) is 12.7 Å². The molecule has 2 nitrogen and oxygen atoms in total. The van der Waals surface area contributed by atoms with E-state index in [-0.39, 0.29) is 16.9 Å². The highest BCUT2D eigenvalue weighted by Crippen LogP contribution is 2.29. The fourth-order valence-electron chi connectivity index (χ4n) is 2.59. The van der Waals surface area contributed by atoms with E-state index in [9.17, 15) is 4.39 Å². The van der Waals surface area contributed by atoms with E-state index >= 15 is 0 Å². The summed E-state index contributed by atoms with van der Waals surface area (Å²) in [5, 5.41) is 3.50. The van der Waals surface area contributed by atoms with Crippen LogP contribution < -0.4 is 10.1 Å². The number of benzene rings is 2. The lowest BCUT2D eigenvalue weighted by Gasteiger charge is -2.12. The molecule has 2 aromatic carbocycles. The maximum Gasteiger partial charge on any atom is 0.141 e. The van der Waals surface area contributed by atoms with Gasteiger partial charge in [-0.2, -0.15) is 0 Å². The molecule has 0 amide bonds. The molecule has 1 heterocycles. The molecule has 0 radical (unpaired) electrons. The summed E-state index contributed by atoms with van der Waals surface area (Å²) in [4.78, 5) is 0. The van der Waals surface area contributed by atoms with Gasteiger partial charge in [-0.05, 0) is 36.2 Å². The van der Waals surface area contributed by atoms with Crippen molar-refractivity contribution in [2.45, 2.75) is 26.0 Å². The van der Waals surface area contributed by atoms with E-state index in [1.807, 2.05) is 6.07 Å². The van der Waals surface area contributed by atoms with E-state index in [4.69, 9.17) is 16.3 Å². The molecular formula is C17H17ClFNO. The third kappa shape index (κ3) is 3.36. The Kier molecular flexibility index (Phi) is 4.13. The molecule has 0 saturated heterocycles. The fraction of sp³-hybridized carbons (Fsp3) is 0.294. The Morgan fingerprint density at radius 1 is 1.29 bits per heavy atom. The molecule has 0 fully saturated rings. The van der Waals surface area contributed by atoms with Crippen LogP contribution in [0.4, 0.5) is 4.39 Å². The minimum atomic E-state index is -0.384. The van der Waals surface area contributed by atoms with Crippen LogP contribution in [-0.4, -0.2) is 12.6 Å². The zero-order chi connectivity index (χ0) is 14.8. The van der Waals surface area contributed by atoms with Crippen molar-refractivity contribution in [3.8, 4) is 5.75 Å². The first kappa shape index (κ1) is 14.4. The summed E-state index contributed by atoms with van der Waals surface area (Å²) < 4.78 is 19.0. The molecule has 4 heteroatoms. The molecule has 1 N–H and O–H groups in total. The van der Waals surface area contributed by atoms with E-state index in [2.05, 4.69) is 24.4 Å². The summed E-state index contributed by atoms with van der Waals surface area (Å²) in [6, 6.07) is 11.1. The van der Waals surface area contributed by atoms with Crippen LogP contribution in [0.3, 0.4) is 0 Å². The summed E-state index contributed by atoms with van der Waals surface area (Å²) in [5.74, 6) is 0.600. The highest BCUT2D eigenvalue weighted by Gasteiger charge is 2.22. The molecule has 1 atom stereocenters. The van der Waals surface area contributed by atoms with Crippen LogP contribution in [0.2, 0.25) is 5.02 Å². The van der Waals surface area contributed by atoms with Gasteiger partial charge in [0.1, 0.15) is 17.7 Å². The van der Waals surface area contributed by atoms with Gasteiger partial charge in [0.25, 0.3) is 0 Å². The number of rotatable bonds is 4. The second-order valence-electron chi connectivity index (χ2n) is 5.43. The van der Waals surface area contributed by atoms with E-state index in [1.165, 1.54) is 17.2 Å². The first-order valence-corrected chi connectivity index (χ1v) is 7.40. The molecular weight excluding hydrogens is 289 g/mol. The number of hydrogen-bond acceptors (Lipinski definition) is 2. The fourth-order valence-corrected chi connectivity index (χ4v) is 2.79. The van der Waals surface area contributed by atoms with Crippen LogP contribution in [0.25, 0.3) is 0 Å². The number of ether oxygens (including phenoxy) is 1. The summed E-state index contributed by atoms with van der Waals surface area (Å²) in [7, 11) is 0. The maximum atomic E-state index is 13.1. The lowest BCUT2D eigenvalue weighted by atomic mass is 10.1. The van der Waals surface area contributed by atoms with Crippen molar-refractivity contribution in [2.24, 2.45) is 0 Å². The minimum Gasteiger partial charge on any atom is -0.488 e. The number of fused-ring (bicyclic) bond motifs is 1. The van der Waals surface area contributed by atoms with Gasteiger partial charge >= 0.3 is 0 Å². The molecule has 0 aliphatic carbocycles. The molecule has 1 aliphatic heterocycles. The molecule has 3 rings (SSSR count). The Labute approximate surface area is 128 Å². The van der Waals surface area contributed by atoms with Crippen molar-refractivity contribution in [1.82, 2.24) is 5.32 Å². The van der Waals surface area contributed by atoms with Gasteiger partial charge in [0.05, 0.1) is 5.02 Å². The van der Waals surface area contributed by atoms with Gasteiger partial charge < -0.3 is 10.1 Å². The average molecular weight is 306 g/mol. The third-order valence-electron chi connectivity index (χ3n) is 3.64. The highest BCUT2D eigenvalue weighted by molar-refractivity contribution is 6.30. The molecule has 0 spiro atoms. The predicted molar refractivity (Wildman–Crippen MR) is 82.4 cm³/mol. The first-order chi connectivity index (χ1) is 10.1. The summed E-state index contributed by atoms with van der Waals surface area (Å²) in [6.07, 6.45) is 1.08. The number of halogens is 2. The van der Waals surface area contributed by atoms with Crippen molar-refractivity contribution in [3.63, 3.8) is 0 Å². The average Bonchev–Trinajstić information content (AvgIpc) is 2.84. The van der Waals surface area contributed by atoms with Gasteiger partial charge in [0.2, 0.25) is 0 Å². The van der Waals surface area contributed by atoms with Crippen molar-refractivity contribution >= 4 is 11.6 Å². The molecule has 0 aromatic heterocycles. The van der Waals surface area contributed by atoms with Crippen LogP contribution in [0.1, 0.15) is 16.7 Å². The smallest absolute Gasteiger partial charge is 0.141 e. The maximum absolute atomic E-state index is 13.1. The van der Waals surface area contributed by atoms with Crippen LogP contribution in [0.15, 0.2) is 36.4 Å². The number of aryl methyl sites for hydroxylation is 1. The lowest BCUT2D eigenvalue weighted by Crippen LogP contribution is -2.29. The van der Waals surface area contributed by atoms with Gasteiger partial charge in [0.15, 0.2) is 0 Å². The van der Waals surface area contributed by atoms with Crippen molar-refractivity contribution < 1.29 is 9.13 Å². The van der Waals surface area contributed by atoms with Gasteiger partial charge in [-0.15, -0.1) is 0 Å². The molecule has 1 aliphatic rings. The topological polar surface area (TPSA) is 21.3 Å². The van der Waals surface area contributed by atoms with E-state index in [0.29, 0.717) is 6.54 Å². The van der Waals surface area contributed by atoms with Gasteiger partial charge in [-0.25, -0.2) is 4.39 Å². The Balaban J connectivity index is 1.52. The first-order valence-electron chi connectivity index (χ1n) is 7.02. The van der Waals surface area contributed by atoms with Crippen molar-refractivity contribution in [2.75, 3.05) is 6.54 Å². The van der Waals surface area contributed by atoms with Crippen LogP contribution in [-0.2, 0) is 13.0 Å². The predicted octanol–water partition coefficient (Wildman–Crippen LogP) is 3.88. The molecule has 21 heavy (non-hydrogen) atoms. The van der Waals surface area contributed by atoms with Crippen molar-refractivity contribution in [1.29, 1.82) is 0 Å². The summed E-state index contributed by atoms with van der Waals surface area (Å²) >= 11 is 5.77. The summed E-state index contributed by atoms with van der Waals surface area (Å²) in [6.45, 7) is 3.49. The lowest BCUT2D eigenvalue weighted by molar-refractivity contribution is 0.227. The minimum absolute atomic E-state index is 0.151. The van der Waals surface area contributed by atoms with E-state index < -0.39 is 0 Å². The standard InChI is InChI=1S/C17H17ClFNO/c1-11-2-5-17-13(6-11)8-14(21-17)10-20-9-12-3-4-16(19)15(18)7-12/h2-7,14,20H,8-10H2,1H3. The summed E-state index contributed by atoms with van der Waals surface area (Å²) in [5.41, 5.74) is 3.49. The molecule has 2 aromatic rings. The highest BCUT2D eigenvalue weighted by atomic mass is 35.5. The Morgan fingerprint density at radius 3 is 2.95 bits per heavy atom. The number of nitrogens with one attached hydrogen (secondary N) is 1. The second-order valence-corrected chi connectivity index (χ2v) is 5.84. The SMILES string of the molecule is Cc1ccc2c(c1)CC(CNCc1ccc(F)c(Cl)c1)O2. The Hall–Kier alpha value is -1.58. The van der Waals surface area contributed by atoms with E-state index in [0.717, 1.165) is 24.3 Å². The zero-order valence-electron chi connectivity index (χ0n) is 11.8. The Bertz CT molecular complexity index is 659. The Morgan fingerprint density at radius 2 is 2.14 bits per heavy atom. The van der Waals surface area contributed by atoms with Crippen LogP contribution >= 0.6 is 11.6 Å². The van der Waals surface area contributed by atoms with Crippen molar-refractivity contribution in [3.05, 3.63) is 63.9 Å². The second kappa shape index (κ2) is 6.04. The largest absolute Gasteiger partial charge is 0.488 e. The van der Waals surface area contributed by atoms with Gasteiger partial charge in [-0.3, -0.25) is 0 Å². The van der Waals surface area contributed by atoms with Gasteiger partial charge in [0, 0.05) is 19.5 Å². The monoisotopic (exact) mass is 305 g/mol. The normalized spacial score (nSPS) is 16.6. The third-order valence-corrected chi connectivity index (χ3v) is 3.93. The number of hydrogen-bond donors (Lipinski definition) is 1. The molecule has 1 unspecified atom stereocenters. The zero-order valence-corrected chi connectivity index (χ0v) is 12.6. The molecule has 0 saturated carbocycles.